The molecule has 2 aliphatic rings. The molecule has 1 aliphatic carbocycles. The molecule has 0 spiro atoms. The third kappa shape index (κ3) is 1.89. The summed E-state index contributed by atoms with van der Waals surface area (Å²) in [6.07, 6.45) is 1.61. The monoisotopic (exact) mass is 301 g/mol. The molecular formula is C18H23NO3. The standard InChI is InChI=1S/C18H23NO3/c1-17(2)14-9-10-18(17,3)16(21)19(15(14)20)11-12-5-7-13(22-4)8-6-12/h5-8,14H,9-11H2,1-4H3/t14-,18+/m1/s1. The van der Waals surface area contributed by atoms with Gasteiger partial charge in [-0.15, -0.1) is 0 Å². The van der Waals surface area contributed by atoms with E-state index < -0.39 is 5.41 Å². The summed E-state index contributed by atoms with van der Waals surface area (Å²) in [6.45, 7) is 6.49. The van der Waals surface area contributed by atoms with Crippen LogP contribution in [0.25, 0.3) is 0 Å². The molecule has 0 radical (unpaired) electrons. The zero-order valence-electron chi connectivity index (χ0n) is 13.7. The molecule has 1 saturated carbocycles. The van der Waals surface area contributed by atoms with E-state index in [1.807, 2.05) is 31.2 Å². The molecule has 118 valence electrons. The molecule has 1 heterocycles. The number of amides is 2. The summed E-state index contributed by atoms with van der Waals surface area (Å²) in [6, 6.07) is 7.52. The number of nitrogens with zero attached hydrogens (tertiary/aromatic N) is 1. The van der Waals surface area contributed by atoms with Gasteiger partial charge in [0.1, 0.15) is 5.75 Å². The summed E-state index contributed by atoms with van der Waals surface area (Å²) >= 11 is 0. The van der Waals surface area contributed by atoms with Crippen molar-refractivity contribution in [3.8, 4) is 5.75 Å². The molecule has 1 saturated heterocycles. The molecule has 1 aromatic rings. The van der Waals surface area contributed by atoms with Crippen LogP contribution in [0.15, 0.2) is 24.3 Å². The first-order valence-electron chi connectivity index (χ1n) is 7.80. The molecule has 4 heteroatoms. The Morgan fingerprint density at radius 1 is 1.18 bits per heavy atom. The van der Waals surface area contributed by atoms with E-state index in [2.05, 4.69) is 13.8 Å². The first kappa shape index (κ1) is 15.1. The van der Waals surface area contributed by atoms with E-state index in [4.69, 9.17) is 4.74 Å². The molecule has 0 unspecified atom stereocenters. The van der Waals surface area contributed by atoms with E-state index in [1.165, 1.54) is 4.90 Å². The Morgan fingerprint density at radius 2 is 1.82 bits per heavy atom. The summed E-state index contributed by atoms with van der Waals surface area (Å²) < 4.78 is 5.14. The highest BCUT2D eigenvalue weighted by atomic mass is 16.5. The van der Waals surface area contributed by atoms with Gasteiger partial charge >= 0.3 is 0 Å². The van der Waals surface area contributed by atoms with Gasteiger partial charge < -0.3 is 4.74 Å². The van der Waals surface area contributed by atoms with Crippen molar-refractivity contribution in [1.82, 2.24) is 4.90 Å². The van der Waals surface area contributed by atoms with Crippen LogP contribution in [0, 0.1) is 16.7 Å². The molecular weight excluding hydrogens is 278 g/mol. The van der Waals surface area contributed by atoms with Gasteiger partial charge in [-0.2, -0.15) is 0 Å². The third-order valence-corrected chi connectivity index (χ3v) is 6.01. The van der Waals surface area contributed by atoms with Crippen molar-refractivity contribution in [3.63, 3.8) is 0 Å². The van der Waals surface area contributed by atoms with Gasteiger partial charge in [-0.05, 0) is 36.0 Å². The Balaban J connectivity index is 1.88. The molecule has 1 aromatic carbocycles. The first-order valence-corrected chi connectivity index (χ1v) is 7.80. The number of fused-ring (bicyclic) bond motifs is 2. The second kappa shape index (κ2) is 4.83. The molecule has 2 fully saturated rings. The minimum absolute atomic E-state index is 0.0132. The van der Waals surface area contributed by atoms with E-state index in [0.717, 1.165) is 24.2 Å². The van der Waals surface area contributed by atoms with Crippen molar-refractivity contribution in [2.75, 3.05) is 7.11 Å². The van der Waals surface area contributed by atoms with Crippen molar-refractivity contribution in [3.05, 3.63) is 29.8 Å². The normalized spacial score (nSPS) is 29.8. The lowest BCUT2D eigenvalue weighted by atomic mass is 9.62. The number of hydrogen-bond donors (Lipinski definition) is 0. The summed E-state index contributed by atoms with van der Waals surface area (Å²) in [4.78, 5) is 27.2. The third-order valence-electron chi connectivity index (χ3n) is 6.01. The van der Waals surface area contributed by atoms with Gasteiger partial charge in [0.25, 0.3) is 0 Å². The Kier molecular flexibility index (Phi) is 3.31. The highest BCUT2D eigenvalue weighted by molar-refractivity contribution is 6.03. The van der Waals surface area contributed by atoms with Crippen molar-refractivity contribution >= 4 is 11.8 Å². The molecule has 2 amide bonds. The van der Waals surface area contributed by atoms with Crippen LogP contribution < -0.4 is 4.74 Å². The van der Waals surface area contributed by atoms with Crippen molar-refractivity contribution in [2.24, 2.45) is 16.7 Å². The Labute approximate surface area is 131 Å². The number of hydrogen-bond acceptors (Lipinski definition) is 3. The van der Waals surface area contributed by atoms with Crippen molar-refractivity contribution < 1.29 is 14.3 Å². The maximum Gasteiger partial charge on any atom is 0.235 e. The number of carbonyl (C=O) groups is 2. The van der Waals surface area contributed by atoms with Gasteiger partial charge in [0, 0.05) is 5.92 Å². The number of methoxy groups -OCH3 is 1. The van der Waals surface area contributed by atoms with Crippen LogP contribution in [0.5, 0.6) is 5.75 Å². The van der Waals surface area contributed by atoms with E-state index in [0.29, 0.717) is 6.54 Å². The minimum atomic E-state index is -0.432. The molecule has 0 N–H and O–H groups in total. The van der Waals surface area contributed by atoms with Gasteiger partial charge in [0.15, 0.2) is 0 Å². The average molecular weight is 301 g/mol. The fourth-order valence-electron chi connectivity index (χ4n) is 3.96. The van der Waals surface area contributed by atoms with Gasteiger partial charge in [-0.3, -0.25) is 14.5 Å². The summed E-state index contributed by atoms with van der Waals surface area (Å²) in [7, 11) is 1.62. The van der Waals surface area contributed by atoms with Crippen LogP contribution in [0.2, 0.25) is 0 Å². The van der Waals surface area contributed by atoms with Crippen LogP contribution in [0.1, 0.15) is 39.2 Å². The lowest BCUT2D eigenvalue weighted by Gasteiger charge is -2.47. The van der Waals surface area contributed by atoms with E-state index in [9.17, 15) is 9.59 Å². The van der Waals surface area contributed by atoms with E-state index in [-0.39, 0.29) is 23.1 Å². The maximum atomic E-state index is 12.9. The molecule has 2 atom stereocenters. The van der Waals surface area contributed by atoms with Gasteiger partial charge in [-0.25, -0.2) is 0 Å². The van der Waals surface area contributed by atoms with E-state index >= 15 is 0 Å². The van der Waals surface area contributed by atoms with Crippen LogP contribution in [-0.4, -0.2) is 23.8 Å². The quantitative estimate of drug-likeness (QED) is 0.806. The second-order valence-corrected chi connectivity index (χ2v) is 7.22. The van der Waals surface area contributed by atoms with Crippen molar-refractivity contribution in [1.29, 1.82) is 0 Å². The number of carbonyl (C=O) groups excluding carboxylic acids is 2. The molecule has 4 nitrogen and oxygen atoms in total. The largest absolute Gasteiger partial charge is 0.497 e. The highest BCUT2D eigenvalue weighted by Crippen LogP contribution is 2.60. The molecule has 1 aliphatic heterocycles. The van der Waals surface area contributed by atoms with Crippen LogP contribution in [-0.2, 0) is 16.1 Å². The summed E-state index contributed by atoms with van der Waals surface area (Å²) in [5.41, 5.74) is 0.264. The fraction of sp³-hybridized carbons (Fsp3) is 0.556. The zero-order valence-corrected chi connectivity index (χ0v) is 13.7. The minimum Gasteiger partial charge on any atom is -0.497 e. The summed E-state index contributed by atoms with van der Waals surface area (Å²) in [5.74, 6) is 0.689. The molecule has 0 aromatic heterocycles. The highest BCUT2D eigenvalue weighted by Gasteiger charge is 2.64. The summed E-state index contributed by atoms with van der Waals surface area (Å²) in [5, 5.41) is 0. The number of piperidine rings is 1. The van der Waals surface area contributed by atoms with Crippen LogP contribution >= 0.6 is 0 Å². The van der Waals surface area contributed by atoms with Gasteiger partial charge in [-0.1, -0.05) is 32.9 Å². The number of benzene rings is 1. The SMILES string of the molecule is COc1ccc(CN2C(=O)[C@H]3CC[C@@](C)(C2=O)C3(C)C)cc1. The first-order chi connectivity index (χ1) is 10.3. The number of imide groups is 1. The predicted octanol–water partition coefficient (Wildman–Crippen LogP) is 3.01. The van der Waals surface area contributed by atoms with Crippen molar-refractivity contribution in [2.45, 2.75) is 40.2 Å². The molecule has 2 bridgehead atoms. The second-order valence-electron chi connectivity index (χ2n) is 7.22. The fourth-order valence-corrected chi connectivity index (χ4v) is 3.96. The number of likely N-dealkylation sites (tertiary alicyclic amines) is 1. The Hall–Kier alpha value is -1.84. The number of ether oxygens (including phenoxy) is 1. The zero-order chi connectivity index (χ0) is 16.1. The van der Waals surface area contributed by atoms with Gasteiger partial charge in [0.2, 0.25) is 11.8 Å². The molecule has 3 rings (SSSR count). The predicted molar refractivity (Wildman–Crippen MR) is 83.2 cm³/mol. The maximum absolute atomic E-state index is 12.9. The smallest absolute Gasteiger partial charge is 0.235 e. The van der Waals surface area contributed by atoms with Crippen LogP contribution in [0.3, 0.4) is 0 Å². The topological polar surface area (TPSA) is 46.6 Å². The average Bonchev–Trinajstić information content (AvgIpc) is 2.69. The lowest BCUT2D eigenvalue weighted by molar-refractivity contribution is -0.168. The van der Waals surface area contributed by atoms with E-state index in [1.54, 1.807) is 7.11 Å². The Morgan fingerprint density at radius 3 is 2.41 bits per heavy atom. The molecule has 22 heavy (non-hydrogen) atoms. The van der Waals surface area contributed by atoms with Crippen LogP contribution in [0.4, 0.5) is 0 Å². The lowest BCUT2D eigenvalue weighted by Crippen LogP contribution is -2.58. The Bertz CT molecular complexity index is 620. The number of rotatable bonds is 3. The van der Waals surface area contributed by atoms with Gasteiger partial charge in [0.05, 0.1) is 19.1 Å².